The average Bonchev–Trinajstić information content (AvgIpc) is 3.13. The monoisotopic (exact) mass is 299 g/mol. The summed E-state index contributed by atoms with van der Waals surface area (Å²) in [6, 6.07) is 0.437. The summed E-state index contributed by atoms with van der Waals surface area (Å²) in [7, 11) is 0. The van der Waals surface area contributed by atoms with Crippen LogP contribution in [0.15, 0.2) is 6.20 Å². The fourth-order valence-electron chi connectivity index (χ4n) is 2.15. The third-order valence-electron chi connectivity index (χ3n) is 3.55. The number of aromatic nitrogens is 2. The van der Waals surface area contributed by atoms with Crippen molar-refractivity contribution in [2.24, 2.45) is 0 Å². The second-order valence-corrected chi connectivity index (χ2v) is 5.95. The van der Waals surface area contributed by atoms with E-state index < -0.39 is 5.54 Å². The minimum atomic E-state index is -0.663. The van der Waals surface area contributed by atoms with Gasteiger partial charge < -0.3 is 4.74 Å². The Morgan fingerprint density at radius 1 is 1.65 bits per heavy atom. The van der Waals surface area contributed by atoms with Crippen molar-refractivity contribution in [1.82, 2.24) is 15.1 Å². The Morgan fingerprint density at radius 2 is 2.35 bits per heavy atom. The molecule has 1 aliphatic carbocycles. The van der Waals surface area contributed by atoms with Crippen molar-refractivity contribution in [2.75, 3.05) is 6.61 Å². The van der Waals surface area contributed by atoms with Crippen LogP contribution >= 0.6 is 11.6 Å². The molecule has 0 amide bonds. The maximum Gasteiger partial charge on any atom is 0.326 e. The third kappa shape index (κ3) is 3.73. The summed E-state index contributed by atoms with van der Waals surface area (Å²) in [5, 5.41) is 8.36. The molecule has 1 aromatic rings. The molecule has 1 aromatic heterocycles. The lowest BCUT2D eigenvalue weighted by Gasteiger charge is -2.28. The number of carbonyl (C=O) groups excluding carboxylic acids is 1. The van der Waals surface area contributed by atoms with E-state index in [0.29, 0.717) is 30.6 Å². The van der Waals surface area contributed by atoms with Crippen molar-refractivity contribution >= 4 is 17.6 Å². The molecule has 0 radical (unpaired) electrons. The molecule has 0 saturated heterocycles. The van der Waals surface area contributed by atoms with Crippen LogP contribution in [0.2, 0.25) is 5.02 Å². The van der Waals surface area contributed by atoms with Crippen molar-refractivity contribution < 1.29 is 9.53 Å². The average molecular weight is 300 g/mol. The van der Waals surface area contributed by atoms with Crippen molar-refractivity contribution in [1.29, 1.82) is 0 Å². The molecule has 6 heteroatoms. The highest BCUT2D eigenvalue weighted by atomic mass is 35.5. The third-order valence-corrected chi connectivity index (χ3v) is 3.92. The molecule has 112 valence electrons. The molecule has 5 nitrogen and oxygen atoms in total. The number of halogens is 1. The Bertz CT molecular complexity index is 465. The highest BCUT2D eigenvalue weighted by Crippen LogP contribution is 2.25. The Hall–Kier alpha value is -1.07. The summed E-state index contributed by atoms with van der Waals surface area (Å²) in [5.41, 5.74) is 0.142. The van der Waals surface area contributed by atoms with Crippen LogP contribution in [0.1, 0.15) is 38.8 Å². The Balaban J connectivity index is 2.00. The number of hydrogen-bond acceptors (Lipinski definition) is 4. The van der Waals surface area contributed by atoms with Crippen molar-refractivity contribution in [3.8, 4) is 0 Å². The van der Waals surface area contributed by atoms with E-state index in [1.54, 1.807) is 10.9 Å². The standard InChI is InChI=1S/C14H22ClN3O2/c1-4-20-13(19)14(3,16-11-5-6-11)7-8-18-9-12(15)10(2)17-18/h9,11,16H,4-8H2,1-3H3. The highest BCUT2D eigenvalue weighted by Gasteiger charge is 2.39. The second kappa shape index (κ2) is 6.14. The molecular weight excluding hydrogens is 278 g/mol. The fourth-order valence-corrected chi connectivity index (χ4v) is 2.30. The minimum absolute atomic E-state index is 0.193. The maximum atomic E-state index is 12.2. The smallest absolute Gasteiger partial charge is 0.326 e. The summed E-state index contributed by atoms with van der Waals surface area (Å²) >= 11 is 6.00. The van der Waals surface area contributed by atoms with E-state index >= 15 is 0 Å². The van der Waals surface area contributed by atoms with Gasteiger partial charge in [-0.2, -0.15) is 5.10 Å². The summed E-state index contributed by atoms with van der Waals surface area (Å²) in [6.45, 7) is 6.62. The first kappa shape index (κ1) is 15.3. The van der Waals surface area contributed by atoms with E-state index in [0.717, 1.165) is 18.5 Å². The van der Waals surface area contributed by atoms with Gasteiger partial charge in [0.15, 0.2) is 0 Å². The number of rotatable bonds is 7. The Morgan fingerprint density at radius 3 is 2.85 bits per heavy atom. The number of nitrogens with one attached hydrogen (secondary N) is 1. The van der Waals surface area contributed by atoms with E-state index in [-0.39, 0.29) is 5.97 Å². The van der Waals surface area contributed by atoms with E-state index in [4.69, 9.17) is 16.3 Å². The largest absolute Gasteiger partial charge is 0.465 e. The minimum Gasteiger partial charge on any atom is -0.465 e. The van der Waals surface area contributed by atoms with E-state index in [2.05, 4.69) is 10.4 Å². The molecule has 0 spiro atoms. The highest BCUT2D eigenvalue weighted by molar-refractivity contribution is 6.31. The summed E-state index contributed by atoms with van der Waals surface area (Å²) in [6.07, 6.45) is 4.67. The van der Waals surface area contributed by atoms with Crippen LogP contribution in [0.25, 0.3) is 0 Å². The van der Waals surface area contributed by atoms with Crippen molar-refractivity contribution in [2.45, 2.75) is 58.2 Å². The summed E-state index contributed by atoms with van der Waals surface area (Å²) in [5.74, 6) is -0.193. The first-order chi connectivity index (χ1) is 9.44. The topological polar surface area (TPSA) is 56.2 Å². The van der Waals surface area contributed by atoms with Gasteiger partial charge in [0, 0.05) is 18.8 Å². The lowest BCUT2D eigenvalue weighted by Crippen LogP contribution is -2.52. The number of aryl methyl sites for hydroxylation is 2. The van der Waals surface area contributed by atoms with Gasteiger partial charge in [0.05, 0.1) is 17.3 Å². The molecule has 1 saturated carbocycles. The van der Waals surface area contributed by atoms with E-state index in [1.165, 1.54) is 0 Å². The molecule has 0 bridgehead atoms. The van der Waals surface area contributed by atoms with E-state index in [1.807, 2.05) is 20.8 Å². The van der Waals surface area contributed by atoms with Crippen LogP contribution in [0.3, 0.4) is 0 Å². The van der Waals surface area contributed by atoms with Gasteiger partial charge in [-0.25, -0.2) is 0 Å². The molecule has 1 unspecified atom stereocenters. The van der Waals surface area contributed by atoms with Crippen LogP contribution in [0, 0.1) is 6.92 Å². The zero-order valence-corrected chi connectivity index (χ0v) is 13.0. The van der Waals surface area contributed by atoms with Crippen molar-refractivity contribution in [3.63, 3.8) is 0 Å². The number of ether oxygens (including phenoxy) is 1. The van der Waals surface area contributed by atoms with Gasteiger partial charge in [0.1, 0.15) is 5.54 Å². The van der Waals surface area contributed by atoms with Crippen LogP contribution < -0.4 is 5.32 Å². The van der Waals surface area contributed by atoms with Crippen LogP contribution in [0.4, 0.5) is 0 Å². The molecule has 1 heterocycles. The normalized spacial score (nSPS) is 17.8. The maximum absolute atomic E-state index is 12.2. The molecule has 0 aromatic carbocycles. The zero-order chi connectivity index (χ0) is 14.8. The molecule has 1 fully saturated rings. The van der Waals surface area contributed by atoms with Gasteiger partial charge >= 0.3 is 5.97 Å². The lowest BCUT2D eigenvalue weighted by molar-refractivity contribution is -0.151. The first-order valence-corrected chi connectivity index (χ1v) is 7.47. The van der Waals surface area contributed by atoms with Crippen LogP contribution in [0.5, 0.6) is 0 Å². The molecule has 1 aliphatic rings. The molecule has 1 atom stereocenters. The number of carbonyl (C=O) groups is 1. The van der Waals surface area contributed by atoms with Gasteiger partial charge in [-0.15, -0.1) is 0 Å². The van der Waals surface area contributed by atoms with Gasteiger partial charge in [-0.3, -0.25) is 14.8 Å². The van der Waals surface area contributed by atoms with Gasteiger partial charge in [0.2, 0.25) is 0 Å². The molecule has 0 aliphatic heterocycles. The zero-order valence-electron chi connectivity index (χ0n) is 12.3. The summed E-state index contributed by atoms with van der Waals surface area (Å²) < 4.78 is 6.98. The Kier molecular flexibility index (Phi) is 4.70. The molecule has 20 heavy (non-hydrogen) atoms. The molecule has 1 N–H and O–H groups in total. The second-order valence-electron chi connectivity index (χ2n) is 5.55. The molecule has 2 rings (SSSR count). The van der Waals surface area contributed by atoms with Crippen LogP contribution in [-0.2, 0) is 16.1 Å². The number of nitrogens with zero attached hydrogens (tertiary/aromatic N) is 2. The quantitative estimate of drug-likeness (QED) is 0.785. The summed E-state index contributed by atoms with van der Waals surface area (Å²) in [4.78, 5) is 12.2. The fraction of sp³-hybridized carbons (Fsp3) is 0.714. The predicted octanol–water partition coefficient (Wildman–Crippen LogP) is 2.31. The van der Waals surface area contributed by atoms with Crippen molar-refractivity contribution in [3.05, 3.63) is 16.9 Å². The van der Waals surface area contributed by atoms with Gasteiger partial charge in [0.25, 0.3) is 0 Å². The van der Waals surface area contributed by atoms with Crippen LogP contribution in [-0.4, -0.2) is 33.9 Å². The van der Waals surface area contributed by atoms with Gasteiger partial charge in [-0.05, 0) is 40.0 Å². The Labute approximate surface area is 124 Å². The van der Waals surface area contributed by atoms with Gasteiger partial charge in [-0.1, -0.05) is 11.6 Å². The number of hydrogen-bond donors (Lipinski definition) is 1. The van der Waals surface area contributed by atoms with E-state index in [9.17, 15) is 4.79 Å². The lowest BCUT2D eigenvalue weighted by atomic mass is 9.97. The number of esters is 1. The predicted molar refractivity (Wildman–Crippen MR) is 77.8 cm³/mol. The molecular formula is C14H22ClN3O2. The SMILES string of the molecule is CCOC(=O)C(C)(CCn1cc(Cl)c(C)n1)NC1CC1. The first-order valence-electron chi connectivity index (χ1n) is 7.09.